The van der Waals surface area contributed by atoms with Crippen molar-refractivity contribution in [3.63, 3.8) is 0 Å². The molecule has 0 spiro atoms. The summed E-state index contributed by atoms with van der Waals surface area (Å²) in [5.41, 5.74) is 1.43. The molecule has 0 bridgehead atoms. The molecule has 0 aliphatic rings. The van der Waals surface area contributed by atoms with Crippen molar-refractivity contribution >= 4 is 34.4 Å². The predicted molar refractivity (Wildman–Crippen MR) is 77.1 cm³/mol. The van der Waals surface area contributed by atoms with Gasteiger partial charge in [0.15, 0.2) is 5.65 Å². The van der Waals surface area contributed by atoms with E-state index in [0.29, 0.717) is 27.9 Å². The van der Waals surface area contributed by atoms with E-state index >= 15 is 0 Å². The minimum Gasteiger partial charge on any atom is -0.444 e. The number of imidazole rings is 1. The molecule has 1 unspecified atom stereocenters. The number of aryl methyl sites for hydroxylation is 1. The van der Waals surface area contributed by atoms with Crippen molar-refractivity contribution in [2.24, 2.45) is 0 Å². The molecule has 0 aliphatic carbocycles. The summed E-state index contributed by atoms with van der Waals surface area (Å²) in [5.74, 6) is 2.35. The Balaban J connectivity index is 2.18. The van der Waals surface area contributed by atoms with E-state index in [4.69, 9.17) is 27.6 Å². The second kappa shape index (κ2) is 5.07. The molecule has 1 atom stereocenters. The first-order chi connectivity index (χ1) is 9.60. The maximum Gasteiger partial charge on any atom is 0.217 e. The van der Waals surface area contributed by atoms with Crippen LogP contribution in [-0.4, -0.2) is 19.5 Å². The molecule has 0 radical (unpaired) electrons. The van der Waals surface area contributed by atoms with Gasteiger partial charge in [0.1, 0.15) is 23.1 Å². The Morgan fingerprint density at radius 1 is 1.35 bits per heavy atom. The number of hydrogen-bond donors (Lipinski definition) is 0. The fourth-order valence-corrected chi connectivity index (χ4v) is 2.52. The van der Waals surface area contributed by atoms with Gasteiger partial charge in [-0.1, -0.05) is 11.6 Å². The van der Waals surface area contributed by atoms with Crippen LogP contribution in [0.15, 0.2) is 22.9 Å². The number of alkyl halides is 1. The molecular weight excluding hydrogens is 299 g/mol. The molecule has 0 aliphatic heterocycles. The van der Waals surface area contributed by atoms with E-state index in [1.807, 2.05) is 18.4 Å². The molecular formula is C13H12Cl2N4O. The number of hydrogen-bond acceptors (Lipinski definition) is 4. The van der Waals surface area contributed by atoms with Crippen LogP contribution in [0.2, 0.25) is 5.02 Å². The Morgan fingerprint density at radius 2 is 2.15 bits per heavy atom. The van der Waals surface area contributed by atoms with E-state index in [1.165, 1.54) is 0 Å². The minimum atomic E-state index is -0.142. The molecule has 0 amide bonds. The van der Waals surface area contributed by atoms with Gasteiger partial charge in [-0.2, -0.15) is 0 Å². The fraction of sp³-hybridized carbons (Fsp3) is 0.308. The fourth-order valence-electron chi connectivity index (χ4n) is 2.18. The molecule has 0 saturated heterocycles. The molecule has 3 aromatic heterocycles. The molecule has 7 heteroatoms. The van der Waals surface area contributed by atoms with Gasteiger partial charge < -0.3 is 4.42 Å². The molecule has 0 saturated carbocycles. The van der Waals surface area contributed by atoms with Gasteiger partial charge >= 0.3 is 0 Å². The van der Waals surface area contributed by atoms with Crippen LogP contribution in [0.4, 0.5) is 0 Å². The summed E-state index contributed by atoms with van der Waals surface area (Å²) < 4.78 is 7.51. The van der Waals surface area contributed by atoms with Crippen LogP contribution < -0.4 is 0 Å². The average molecular weight is 311 g/mol. The summed E-state index contributed by atoms with van der Waals surface area (Å²) in [6.45, 7) is 3.83. The van der Waals surface area contributed by atoms with Crippen LogP contribution in [0, 0.1) is 6.92 Å². The van der Waals surface area contributed by atoms with Gasteiger partial charge in [-0.15, -0.1) is 11.6 Å². The highest BCUT2D eigenvalue weighted by Crippen LogP contribution is 2.26. The van der Waals surface area contributed by atoms with E-state index in [1.54, 1.807) is 18.5 Å². The lowest BCUT2D eigenvalue weighted by Crippen LogP contribution is -2.10. The van der Waals surface area contributed by atoms with Crippen molar-refractivity contribution in [3.8, 4) is 0 Å². The molecule has 5 nitrogen and oxygen atoms in total. The topological polar surface area (TPSA) is 56.7 Å². The highest BCUT2D eigenvalue weighted by molar-refractivity contribution is 6.31. The zero-order valence-electron chi connectivity index (χ0n) is 11.0. The summed E-state index contributed by atoms with van der Waals surface area (Å²) in [7, 11) is 0. The van der Waals surface area contributed by atoms with Crippen LogP contribution in [0.25, 0.3) is 11.2 Å². The van der Waals surface area contributed by atoms with Crippen molar-refractivity contribution in [1.29, 1.82) is 0 Å². The number of oxazole rings is 1. The van der Waals surface area contributed by atoms with Crippen LogP contribution in [0.1, 0.15) is 30.4 Å². The molecule has 3 aromatic rings. The Labute approximate surface area is 125 Å². The third kappa shape index (κ3) is 2.17. The first kappa shape index (κ1) is 13.4. The minimum absolute atomic E-state index is 0.142. The highest BCUT2D eigenvalue weighted by Gasteiger charge is 2.21. The van der Waals surface area contributed by atoms with E-state index in [9.17, 15) is 0 Å². The number of pyridine rings is 1. The molecule has 0 aromatic carbocycles. The van der Waals surface area contributed by atoms with Gasteiger partial charge in [0, 0.05) is 6.20 Å². The van der Waals surface area contributed by atoms with Crippen molar-refractivity contribution < 1.29 is 4.42 Å². The summed E-state index contributed by atoms with van der Waals surface area (Å²) >= 11 is 11.9. The molecule has 3 heterocycles. The molecule has 0 N–H and O–H groups in total. The number of halogens is 2. The van der Waals surface area contributed by atoms with E-state index in [-0.39, 0.29) is 11.9 Å². The Kier molecular flexibility index (Phi) is 3.40. The van der Waals surface area contributed by atoms with E-state index in [0.717, 1.165) is 5.76 Å². The third-order valence-corrected chi connectivity index (χ3v) is 3.52. The third-order valence-electron chi connectivity index (χ3n) is 3.07. The summed E-state index contributed by atoms with van der Waals surface area (Å²) in [6.07, 6.45) is 3.28. The molecule has 3 rings (SSSR count). The number of fused-ring (bicyclic) bond motifs is 1. The SMILES string of the molecule is Cc1cnc(C(C)n2c(CCl)nc3cc(Cl)cnc32)o1. The zero-order chi connectivity index (χ0) is 14.3. The Hall–Kier alpha value is -1.59. The van der Waals surface area contributed by atoms with Crippen molar-refractivity contribution in [1.82, 2.24) is 19.5 Å². The monoisotopic (exact) mass is 310 g/mol. The van der Waals surface area contributed by atoms with Gasteiger partial charge in [-0.3, -0.25) is 4.57 Å². The Bertz CT molecular complexity index is 765. The van der Waals surface area contributed by atoms with Gasteiger partial charge in [-0.25, -0.2) is 15.0 Å². The lowest BCUT2D eigenvalue weighted by atomic mass is 10.3. The molecule has 20 heavy (non-hydrogen) atoms. The molecule has 104 valence electrons. The number of aromatic nitrogens is 4. The van der Waals surface area contributed by atoms with Crippen molar-refractivity contribution in [3.05, 3.63) is 41.0 Å². The largest absolute Gasteiger partial charge is 0.444 e. The second-order valence-corrected chi connectivity index (χ2v) is 5.22. The van der Waals surface area contributed by atoms with Gasteiger partial charge in [0.05, 0.1) is 17.1 Å². The van der Waals surface area contributed by atoms with E-state index in [2.05, 4.69) is 15.0 Å². The quantitative estimate of drug-likeness (QED) is 0.692. The maximum atomic E-state index is 5.98. The summed E-state index contributed by atoms with van der Waals surface area (Å²) in [6, 6.07) is 1.63. The lowest BCUT2D eigenvalue weighted by molar-refractivity contribution is 0.414. The average Bonchev–Trinajstić information content (AvgIpc) is 3.00. The smallest absolute Gasteiger partial charge is 0.217 e. The van der Waals surface area contributed by atoms with Crippen molar-refractivity contribution in [2.45, 2.75) is 25.8 Å². The standard InChI is InChI=1S/C13H12Cl2N4O/c1-7-5-17-13(20-7)8(2)19-11(4-14)18-10-3-9(15)6-16-12(10)19/h3,5-6,8H,4H2,1-2H3. The van der Waals surface area contributed by atoms with Crippen LogP contribution in [0.5, 0.6) is 0 Å². The summed E-state index contributed by atoms with van der Waals surface area (Å²) in [5, 5.41) is 0.544. The number of nitrogens with zero attached hydrogens (tertiary/aromatic N) is 4. The van der Waals surface area contributed by atoms with Crippen LogP contribution >= 0.6 is 23.2 Å². The van der Waals surface area contributed by atoms with E-state index < -0.39 is 0 Å². The van der Waals surface area contributed by atoms with Crippen LogP contribution in [0.3, 0.4) is 0 Å². The first-order valence-electron chi connectivity index (χ1n) is 6.11. The highest BCUT2D eigenvalue weighted by atomic mass is 35.5. The zero-order valence-corrected chi connectivity index (χ0v) is 12.5. The maximum absolute atomic E-state index is 5.98. The van der Waals surface area contributed by atoms with Gasteiger partial charge in [0.25, 0.3) is 0 Å². The van der Waals surface area contributed by atoms with Gasteiger partial charge in [0.2, 0.25) is 5.89 Å². The van der Waals surface area contributed by atoms with Gasteiger partial charge in [-0.05, 0) is 19.9 Å². The number of rotatable bonds is 3. The summed E-state index contributed by atoms with van der Waals surface area (Å²) in [4.78, 5) is 13.1. The predicted octanol–water partition coefficient (Wildman–Crippen LogP) is 3.73. The van der Waals surface area contributed by atoms with Crippen molar-refractivity contribution in [2.75, 3.05) is 0 Å². The van der Waals surface area contributed by atoms with Crippen LogP contribution in [-0.2, 0) is 5.88 Å². The first-order valence-corrected chi connectivity index (χ1v) is 7.02. The molecule has 0 fully saturated rings. The lowest BCUT2D eigenvalue weighted by Gasteiger charge is -2.12. The Morgan fingerprint density at radius 3 is 2.80 bits per heavy atom. The second-order valence-electron chi connectivity index (χ2n) is 4.51. The normalized spacial score (nSPS) is 13.0.